The van der Waals surface area contributed by atoms with E-state index in [2.05, 4.69) is 15.9 Å². The predicted octanol–water partition coefficient (Wildman–Crippen LogP) is 4.35. The van der Waals surface area contributed by atoms with Gasteiger partial charge in [-0.05, 0) is 45.8 Å². The summed E-state index contributed by atoms with van der Waals surface area (Å²) >= 11 is 4.74. The average molecular weight is 368 g/mol. The lowest BCUT2D eigenvalue weighted by Gasteiger charge is -2.05. The van der Waals surface area contributed by atoms with Crippen LogP contribution in [0.4, 0.5) is 5.69 Å². The second-order valence-electron chi connectivity index (χ2n) is 4.13. The minimum Gasteiger partial charge on any atom is -0.478 e. The number of carboxylic acids is 1. The summed E-state index contributed by atoms with van der Waals surface area (Å²) < 4.78 is 0.477. The number of halogens is 1. The molecule has 2 aromatic carbocycles. The number of nitrogens with zero attached hydrogens (tertiary/aromatic N) is 1. The van der Waals surface area contributed by atoms with Gasteiger partial charge >= 0.3 is 5.97 Å². The van der Waals surface area contributed by atoms with Crippen molar-refractivity contribution in [3.8, 4) is 0 Å². The Morgan fingerprint density at radius 2 is 1.90 bits per heavy atom. The first-order chi connectivity index (χ1) is 9.99. The van der Waals surface area contributed by atoms with Crippen LogP contribution in [-0.4, -0.2) is 16.0 Å². The molecule has 0 unspecified atom stereocenters. The lowest BCUT2D eigenvalue weighted by Crippen LogP contribution is -1.95. The van der Waals surface area contributed by atoms with Gasteiger partial charge in [-0.1, -0.05) is 12.1 Å². The minimum absolute atomic E-state index is 0.0364. The number of aromatic carboxylic acids is 1. The highest BCUT2D eigenvalue weighted by Crippen LogP contribution is 2.32. The lowest BCUT2D eigenvalue weighted by molar-refractivity contribution is -0.385. The summed E-state index contributed by atoms with van der Waals surface area (Å²) in [5.74, 6) is -0.415. The summed E-state index contributed by atoms with van der Waals surface area (Å²) in [4.78, 5) is 22.1. The molecule has 0 aliphatic heterocycles. The van der Waals surface area contributed by atoms with E-state index < -0.39 is 10.9 Å². The Labute approximate surface area is 133 Å². The molecule has 0 saturated heterocycles. The first kappa shape index (κ1) is 15.5. The summed E-state index contributed by atoms with van der Waals surface area (Å²) in [5.41, 5.74) is 1.08. The lowest BCUT2D eigenvalue weighted by atomic mass is 10.2. The number of nitro benzene ring substituents is 1. The minimum atomic E-state index is -0.965. The monoisotopic (exact) mass is 367 g/mol. The highest BCUT2D eigenvalue weighted by atomic mass is 79.9. The number of carbonyl (C=O) groups is 1. The van der Waals surface area contributed by atoms with E-state index in [-0.39, 0.29) is 11.3 Å². The van der Waals surface area contributed by atoms with Crippen molar-refractivity contribution in [3.05, 3.63) is 68.2 Å². The molecule has 1 N–H and O–H groups in total. The molecule has 7 heteroatoms. The summed E-state index contributed by atoms with van der Waals surface area (Å²) in [6, 6.07) is 11.4. The largest absolute Gasteiger partial charge is 0.478 e. The average Bonchev–Trinajstić information content (AvgIpc) is 2.46. The maximum atomic E-state index is 10.9. The second-order valence-corrected chi connectivity index (χ2v) is 5.97. The molecule has 5 nitrogen and oxygen atoms in total. The van der Waals surface area contributed by atoms with Crippen LogP contribution in [0.1, 0.15) is 15.9 Å². The van der Waals surface area contributed by atoms with Crippen LogP contribution in [0.5, 0.6) is 0 Å². The van der Waals surface area contributed by atoms with Crippen molar-refractivity contribution < 1.29 is 14.8 Å². The molecule has 0 heterocycles. The van der Waals surface area contributed by atoms with Gasteiger partial charge in [0.15, 0.2) is 0 Å². The van der Waals surface area contributed by atoms with Gasteiger partial charge in [0.25, 0.3) is 5.69 Å². The topological polar surface area (TPSA) is 80.4 Å². The molecule has 0 aromatic heterocycles. The Hall–Kier alpha value is -1.86. The zero-order valence-corrected chi connectivity index (χ0v) is 13.1. The highest BCUT2D eigenvalue weighted by molar-refractivity contribution is 9.10. The van der Waals surface area contributed by atoms with Gasteiger partial charge in [0, 0.05) is 16.7 Å². The maximum absolute atomic E-state index is 10.9. The van der Waals surface area contributed by atoms with Crippen LogP contribution < -0.4 is 0 Å². The number of carboxylic acid groups (broad SMARTS) is 1. The Balaban J connectivity index is 2.11. The molecular weight excluding hydrogens is 358 g/mol. The number of thioether (sulfide) groups is 1. The van der Waals surface area contributed by atoms with Gasteiger partial charge in [0.2, 0.25) is 0 Å². The molecule has 2 aromatic rings. The van der Waals surface area contributed by atoms with Crippen LogP contribution in [-0.2, 0) is 5.75 Å². The van der Waals surface area contributed by atoms with E-state index in [9.17, 15) is 14.9 Å². The Morgan fingerprint density at radius 1 is 1.24 bits per heavy atom. The molecule has 0 atom stereocenters. The number of rotatable bonds is 5. The van der Waals surface area contributed by atoms with E-state index in [0.717, 1.165) is 10.5 Å². The van der Waals surface area contributed by atoms with Crippen molar-refractivity contribution in [2.75, 3.05) is 0 Å². The fraction of sp³-hybridized carbons (Fsp3) is 0.0714. The SMILES string of the molecule is O=C(O)c1ccc(SCc2cccc([N+](=O)[O-])c2Br)cc1. The van der Waals surface area contributed by atoms with Crippen LogP contribution in [0.3, 0.4) is 0 Å². The van der Waals surface area contributed by atoms with Crippen molar-refractivity contribution in [2.24, 2.45) is 0 Å². The molecule has 0 fully saturated rings. The highest BCUT2D eigenvalue weighted by Gasteiger charge is 2.14. The quantitative estimate of drug-likeness (QED) is 0.482. The summed E-state index contributed by atoms with van der Waals surface area (Å²) in [7, 11) is 0. The number of benzene rings is 2. The van der Waals surface area contributed by atoms with Crippen molar-refractivity contribution in [1.29, 1.82) is 0 Å². The van der Waals surface area contributed by atoms with E-state index >= 15 is 0 Å². The van der Waals surface area contributed by atoms with Crippen LogP contribution in [0.15, 0.2) is 51.8 Å². The smallest absolute Gasteiger partial charge is 0.335 e. The van der Waals surface area contributed by atoms with Crippen LogP contribution in [0.2, 0.25) is 0 Å². The third-order valence-electron chi connectivity index (χ3n) is 2.75. The number of hydrogen-bond acceptors (Lipinski definition) is 4. The van der Waals surface area contributed by atoms with Crippen molar-refractivity contribution in [1.82, 2.24) is 0 Å². The van der Waals surface area contributed by atoms with Crippen LogP contribution in [0, 0.1) is 10.1 Å². The molecule has 21 heavy (non-hydrogen) atoms. The van der Waals surface area contributed by atoms with Gasteiger partial charge in [0.05, 0.1) is 15.0 Å². The number of nitro groups is 1. The van der Waals surface area contributed by atoms with E-state index in [1.54, 1.807) is 18.2 Å². The van der Waals surface area contributed by atoms with Crippen LogP contribution in [0.25, 0.3) is 0 Å². The summed E-state index contributed by atoms with van der Waals surface area (Å²) in [6.45, 7) is 0. The van der Waals surface area contributed by atoms with Gasteiger partial charge in [-0.2, -0.15) is 0 Å². The fourth-order valence-corrected chi connectivity index (χ4v) is 3.30. The molecule has 0 aliphatic rings. The zero-order chi connectivity index (χ0) is 15.4. The third kappa shape index (κ3) is 3.83. The van der Waals surface area contributed by atoms with Gasteiger partial charge in [-0.3, -0.25) is 10.1 Å². The van der Waals surface area contributed by atoms with Gasteiger partial charge in [-0.15, -0.1) is 11.8 Å². The Morgan fingerprint density at radius 3 is 2.48 bits per heavy atom. The zero-order valence-electron chi connectivity index (χ0n) is 10.7. The molecule has 0 bridgehead atoms. The van der Waals surface area contributed by atoms with Gasteiger partial charge in [-0.25, -0.2) is 4.79 Å². The van der Waals surface area contributed by atoms with Crippen molar-refractivity contribution in [3.63, 3.8) is 0 Å². The standard InChI is InChI=1S/C14H10BrNO4S/c15-13-10(2-1-3-12(13)16(19)20)8-21-11-6-4-9(5-7-11)14(17)18/h1-7H,8H2,(H,17,18). The summed E-state index contributed by atoms with van der Waals surface area (Å²) in [5, 5.41) is 19.7. The Bertz CT molecular complexity index is 688. The predicted molar refractivity (Wildman–Crippen MR) is 83.8 cm³/mol. The van der Waals surface area contributed by atoms with Crippen molar-refractivity contribution in [2.45, 2.75) is 10.6 Å². The maximum Gasteiger partial charge on any atom is 0.335 e. The third-order valence-corrected chi connectivity index (χ3v) is 4.73. The van der Waals surface area contributed by atoms with E-state index in [1.165, 1.54) is 30.0 Å². The molecule has 2 rings (SSSR count). The summed E-state index contributed by atoms with van der Waals surface area (Å²) in [6.07, 6.45) is 0. The van der Waals surface area contributed by atoms with E-state index in [4.69, 9.17) is 5.11 Å². The molecule has 0 radical (unpaired) electrons. The van der Waals surface area contributed by atoms with Crippen molar-refractivity contribution >= 4 is 39.3 Å². The molecule has 0 aliphatic carbocycles. The second kappa shape index (κ2) is 6.73. The first-order valence-corrected chi connectivity index (χ1v) is 7.65. The number of hydrogen-bond donors (Lipinski definition) is 1. The van der Waals surface area contributed by atoms with Crippen LogP contribution >= 0.6 is 27.7 Å². The Kier molecular flexibility index (Phi) is 4.98. The van der Waals surface area contributed by atoms with Gasteiger partial charge in [0.1, 0.15) is 0 Å². The normalized spacial score (nSPS) is 10.3. The van der Waals surface area contributed by atoms with E-state index in [1.807, 2.05) is 6.07 Å². The molecule has 0 amide bonds. The van der Waals surface area contributed by atoms with E-state index in [0.29, 0.717) is 10.2 Å². The van der Waals surface area contributed by atoms with Gasteiger partial charge < -0.3 is 5.11 Å². The molecule has 0 saturated carbocycles. The first-order valence-electron chi connectivity index (χ1n) is 5.87. The fourth-order valence-electron chi connectivity index (χ4n) is 1.67. The molecule has 108 valence electrons. The molecule has 0 spiro atoms. The molecular formula is C14H10BrNO4S.